The summed E-state index contributed by atoms with van der Waals surface area (Å²) in [6, 6.07) is 1.96. The third-order valence-electron chi connectivity index (χ3n) is 2.32. The minimum Gasteiger partial charge on any atom is -0.453 e. The van der Waals surface area contributed by atoms with Crippen molar-refractivity contribution in [3.05, 3.63) is 23.1 Å². The fraction of sp³-hybridized carbons (Fsp3) is 0.600. The highest BCUT2D eigenvalue weighted by Gasteiger charge is 2.14. The molecule has 1 atom stereocenters. The lowest BCUT2D eigenvalue weighted by Crippen LogP contribution is -2.27. The average molecular weight is 217 g/mol. The summed E-state index contributed by atoms with van der Waals surface area (Å²) in [5.74, 6) is 5.46. The minimum atomic E-state index is 0.104. The number of unbranched alkanes of at least 4 members (excludes halogenated alkanes) is 2. The Morgan fingerprint density at radius 2 is 2.36 bits per heavy atom. The molecule has 1 aromatic heterocycles. The third kappa shape index (κ3) is 3.01. The Morgan fingerprint density at radius 1 is 1.57 bits per heavy atom. The molecule has 0 spiro atoms. The van der Waals surface area contributed by atoms with Gasteiger partial charge < -0.3 is 4.42 Å². The first-order chi connectivity index (χ1) is 6.79. The maximum absolute atomic E-state index is 5.86. The second kappa shape index (κ2) is 6.06. The minimum absolute atomic E-state index is 0.104. The van der Waals surface area contributed by atoms with Gasteiger partial charge in [0.1, 0.15) is 0 Å². The number of hydrazine groups is 1. The summed E-state index contributed by atoms with van der Waals surface area (Å²) >= 11 is 5.86. The van der Waals surface area contributed by atoms with Crippen LogP contribution in [0.4, 0.5) is 0 Å². The number of hydrogen-bond donors (Lipinski definition) is 2. The summed E-state index contributed by atoms with van der Waals surface area (Å²) in [6.45, 7) is 2.18. The van der Waals surface area contributed by atoms with Crippen LogP contribution in [-0.2, 0) is 0 Å². The maximum Gasteiger partial charge on any atom is 0.197 e. The molecule has 0 bridgehead atoms. The van der Waals surface area contributed by atoms with Gasteiger partial charge in [-0.1, -0.05) is 26.2 Å². The number of halogens is 1. The molecular weight excluding hydrogens is 200 g/mol. The molecule has 1 unspecified atom stereocenters. The van der Waals surface area contributed by atoms with Crippen LogP contribution < -0.4 is 11.3 Å². The Labute approximate surface area is 89.6 Å². The van der Waals surface area contributed by atoms with Gasteiger partial charge in [0.25, 0.3) is 0 Å². The topological polar surface area (TPSA) is 51.2 Å². The first-order valence-electron chi connectivity index (χ1n) is 4.98. The molecule has 4 heteroatoms. The average Bonchev–Trinajstić information content (AvgIpc) is 2.60. The van der Waals surface area contributed by atoms with E-state index in [1.165, 1.54) is 12.8 Å². The maximum atomic E-state index is 5.86. The van der Waals surface area contributed by atoms with E-state index in [-0.39, 0.29) is 6.04 Å². The van der Waals surface area contributed by atoms with Crippen molar-refractivity contribution in [3.8, 4) is 0 Å². The molecule has 1 aromatic rings. The lowest BCUT2D eigenvalue weighted by atomic mass is 10.0. The fourth-order valence-corrected chi connectivity index (χ4v) is 1.73. The van der Waals surface area contributed by atoms with Crippen LogP contribution in [0.2, 0.25) is 5.22 Å². The number of hydrogen-bond acceptors (Lipinski definition) is 3. The smallest absolute Gasteiger partial charge is 0.197 e. The van der Waals surface area contributed by atoms with Gasteiger partial charge in [0.15, 0.2) is 5.22 Å². The van der Waals surface area contributed by atoms with Crippen LogP contribution in [0, 0.1) is 0 Å². The lowest BCUT2D eigenvalue weighted by molar-refractivity contribution is 0.478. The Hall–Kier alpha value is -0.510. The molecule has 0 aliphatic heterocycles. The molecule has 3 nitrogen and oxygen atoms in total. The van der Waals surface area contributed by atoms with Gasteiger partial charge in [-0.15, -0.1) is 0 Å². The molecule has 0 aromatic carbocycles. The molecule has 0 radical (unpaired) electrons. The van der Waals surface area contributed by atoms with Gasteiger partial charge in [0.2, 0.25) is 0 Å². The Morgan fingerprint density at radius 3 is 2.86 bits per heavy atom. The van der Waals surface area contributed by atoms with E-state index >= 15 is 0 Å². The number of rotatable bonds is 6. The monoisotopic (exact) mass is 216 g/mol. The highest BCUT2D eigenvalue weighted by atomic mass is 35.5. The molecule has 0 saturated heterocycles. The molecule has 1 rings (SSSR count). The number of nitrogens with one attached hydrogen (secondary N) is 1. The second-order valence-corrected chi connectivity index (χ2v) is 3.71. The zero-order valence-electron chi connectivity index (χ0n) is 8.42. The summed E-state index contributed by atoms with van der Waals surface area (Å²) in [5, 5.41) is 0.435. The van der Waals surface area contributed by atoms with E-state index in [0.717, 1.165) is 18.4 Å². The molecule has 0 fully saturated rings. The van der Waals surface area contributed by atoms with Gasteiger partial charge in [0.05, 0.1) is 12.3 Å². The van der Waals surface area contributed by atoms with Crippen molar-refractivity contribution in [1.29, 1.82) is 0 Å². The van der Waals surface area contributed by atoms with Crippen molar-refractivity contribution in [2.24, 2.45) is 5.84 Å². The second-order valence-electron chi connectivity index (χ2n) is 3.36. The van der Waals surface area contributed by atoms with Crippen LogP contribution in [0.25, 0.3) is 0 Å². The van der Waals surface area contributed by atoms with Crippen LogP contribution in [0.1, 0.15) is 44.2 Å². The number of furan rings is 1. The molecule has 14 heavy (non-hydrogen) atoms. The van der Waals surface area contributed by atoms with Gasteiger partial charge in [0, 0.05) is 5.56 Å². The highest BCUT2D eigenvalue weighted by Crippen LogP contribution is 2.27. The first kappa shape index (κ1) is 11.6. The van der Waals surface area contributed by atoms with Crippen molar-refractivity contribution in [3.63, 3.8) is 0 Å². The van der Waals surface area contributed by atoms with Gasteiger partial charge in [-0.25, -0.2) is 0 Å². The van der Waals surface area contributed by atoms with E-state index in [9.17, 15) is 0 Å². The Balaban J connectivity index is 2.50. The summed E-state index contributed by atoms with van der Waals surface area (Å²) in [5.41, 5.74) is 3.71. The molecule has 0 amide bonds. The van der Waals surface area contributed by atoms with Gasteiger partial charge >= 0.3 is 0 Å². The highest BCUT2D eigenvalue weighted by molar-refractivity contribution is 6.29. The Bertz CT molecular complexity index is 262. The van der Waals surface area contributed by atoms with Gasteiger partial charge in [-0.05, 0) is 24.1 Å². The van der Waals surface area contributed by atoms with Crippen LogP contribution in [-0.4, -0.2) is 0 Å². The third-order valence-corrected chi connectivity index (χ3v) is 2.63. The zero-order valence-corrected chi connectivity index (χ0v) is 9.18. The standard InChI is InChI=1S/C10H17ClN2O/c1-2-3-4-5-9(13-12)8-6-7-14-10(8)11/h6-7,9,13H,2-5,12H2,1H3. The molecule has 3 N–H and O–H groups in total. The van der Waals surface area contributed by atoms with Crippen LogP contribution in [0.5, 0.6) is 0 Å². The van der Waals surface area contributed by atoms with Crippen molar-refractivity contribution in [2.45, 2.75) is 38.6 Å². The normalized spacial score (nSPS) is 13.1. The quantitative estimate of drug-likeness (QED) is 0.437. The fourth-order valence-electron chi connectivity index (χ4n) is 1.48. The molecule has 0 aliphatic rings. The predicted molar refractivity (Wildman–Crippen MR) is 57.9 cm³/mol. The van der Waals surface area contributed by atoms with Crippen molar-refractivity contribution >= 4 is 11.6 Å². The molecule has 80 valence electrons. The van der Waals surface area contributed by atoms with Gasteiger partial charge in [-0.3, -0.25) is 11.3 Å². The molecule has 1 heterocycles. The van der Waals surface area contributed by atoms with E-state index in [0.29, 0.717) is 5.22 Å². The van der Waals surface area contributed by atoms with Crippen molar-refractivity contribution in [2.75, 3.05) is 0 Å². The Kier molecular flexibility index (Phi) is 5.01. The van der Waals surface area contributed by atoms with E-state index in [1.54, 1.807) is 6.26 Å². The molecule has 0 aliphatic carbocycles. The molecule has 0 saturated carbocycles. The SMILES string of the molecule is CCCCCC(NN)c1ccoc1Cl. The van der Waals surface area contributed by atoms with Crippen LogP contribution in [0.3, 0.4) is 0 Å². The van der Waals surface area contributed by atoms with Gasteiger partial charge in [-0.2, -0.15) is 0 Å². The summed E-state index contributed by atoms with van der Waals surface area (Å²) in [6.07, 6.45) is 6.14. The van der Waals surface area contributed by atoms with E-state index in [2.05, 4.69) is 12.3 Å². The lowest BCUT2D eigenvalue weighted by Gasteiger charge is -2.13. The van der Waals surface area contributed by atoms with Crippen LogP contribution in [0.15, 0.2) is 16.7 Å². The zero-order chi connectivity index (χ0) is 10.4. The largest absolute Gasteiger partial charge is 0.453 e. The number of nitrogens with two attached hydrogens (primary N) is 1. The van der Waals surface area contributed by atoms with E-state index in [4.69, 9.17) is 21.9 Å². The van der Waals surface area contributed by atoms with Crippen molar-refractivity contribution in [1.82, 2.24) is 5.43 Å². The van der Waals surface area contributed by atoms with E-state index < -0.39 is 0 Å². The first-order valence-corrected chi connectivity index (χ1v) is 5.36. The van der Waals surface area contributed by atoms with Crippen molar-refractivity contribution < 1.29 is 4.42 Å². The summed E-state index contributed by atoms with van der Waals surface area (Å²) < 4.78 is 5.02. The predicted octanol–water partition coefficient (Wildman–Crippen LogP) is 3.02. The van der Waals surface area contributed by atoms with Crippen LogP contribution >= 0.6 is 11.6 Å². The summed E-state index contributed by atoms with van der Waals surface area (Å²) in [4.78, 5) is 0. The molecular formula is C10H17ClN2O. The summed E-state index contributed by atoms with van der Waals surface area (Å²) in [7, 11) is 0. The van der Waals surface area contributed by atoms with E-state index in [1.807, 2.05) is 6.07 Å².